The maximum absolute atomic E-state index is 13.7. The molecule has 18 heavy (non-hydrogen) atoms. The molecule has 1 nitrogen and oxygen atoms in total. The van der Waals surface area contributed by atoms with Crippen LogP contribution < -0.4 is 0 Å². The average molecular weight is 259 g/mol. The summed E-state index contributed by atoms with van der Waals surface area (Å²) in [5.74, 6) is 0. The van der Waals surface area contributed by atoms with Crippen molar-refractivity contribution >= 4 is 0 Å². The van der Waals surface area contributed by atoms with E-state index < -0.39 is 6.55 Å². The SMILES string of the molecule is CC1(N(C(F)F)C2(C)CCCCC2)CCCCC1. The van der Waals surface area contributed by atoms with E-state index in [1.54, 1.807) is 4.90 Å². The molecule has 0 N–H and O–H groups in total. The molecule has 0 spiro atoms. The van der Waals surface area contributed by atoms with Crippen LogP contribution in [0.4, 0.5) is 8.78 Å². The van der Waals surface area contributed by atoms with Crippen molar-refractivity contribution in [1.29, 1.82) is 0 Å². The molecule has 0 aliphatic heterocycles. The fourth-order valence-corrected chi connectivity index (χ4v) is 4.23. The standard InChI is InChI=1S/C15H27F2N/c1-14(9-5-3-6-10-14)18(13(16)17)15(2)11-7-4-8-12-15/h13H,3-12H2,1-2H3. The van der Waals surface area contributed by atoms with Gasteiger partial charge in [-0.15, -0.1) is 0 Å². The molecule has 0 aromatic carbocycles. The molecule has 2 fully saturated rings. The molecule has 2 rings (SSSR count). The van der Waals surface area contributed by atoms with Crippen molar-refractivity contribution < 1.29 is 8.78 Å². The molecule has 0 amide bonds. The first kappa shape index (κ1) is 14.2. The zero-order chi connectivity index (χ0) is 13.2. The fraction of sp³-hybridized carbons (Fsp3) is 1.00. The number of halogens is 2. The van der Waals surface area contributed by atoms with Gasteiger partial charge in [-0.2, -0.15) is 8.78 Å². The van der Waals surface area contributed by atoms with Gasteiger partial charge in [-0.1, -0.05) is 38.5 Å². The molecule has 2 aliphatic carbocycles. The van der Waals surface area contributed by atoms with E-state index in [-0.39, 0.29) is 11.1 Å². The highest BCUT2D eigenvalue weighted by atomic mass is 19.3. The summed E-state index contributed by atoms with van der Waals surface area (Å²) in [6.07, 6.45) is 10.6. The summed E-state index contributed by atoms with van der Waals surface area (Å²) in [7, 11) is 0. The molecule has 0 saturated heterocycles. The van der Waals surface area contributed by atoms with Crippen molar-refractivity contribution in [2.75, 3.05) is 0 Å². The van der Waals surface area contributed by atoms with Crippen molar-refractivity contribution in [3.8, 4) is 0 Å². The molecule has 0 bridgehead atoms. The lowest BCUT2D eigenvalue weighted by Crippen LogP contribution is -2.61. The maximum atomic E-state index is 13.7. The Balaban J connectivity index is 2.21. The second-order valence-electron chi connectivity index (χ2n) is 6.76. The number of hydrogen-bond donors (Lipinski definition) is 0. The molecule has 0 heterocycles. The van der Waals surface area contributed by atoms with E-state index >= 15 is 0 Å². The third-order valence-electron chi connectivity index (χ3n) is 5.22. The van der Waals surface area contributed by atoms with Crippen LogP contribution in [0.2, 0.25) is 0 Å². The third-order valence-corrected chi connectivity index (χ3v) is 5.22. The van der Waals surface area contributed by atoms with Crippen molar-refractivity contribution in [1.82, 2.24) is 4.90 Å². The molecular weight excluding hydrogens is 232 g/mol. The van der Waals surface area contributed by atoms with E-state index in [4.69, 9.17) is 0 Å². The summed E-state index contributed by atoms with van der Waals surface area (Å²) in [5.41, 5.74) is -0.559. The quantitative estimate of drug-likeness (QED) is 0.648. The number of hydrogen-bond acceptors (Lipinski definition) is 1. The summed E-state index contributed by atoms with van der Waals surface area (Å²) < 4.78 is 27.4. The Labute approximate surface area is 110 Å². The largest absolute Gasteiger partial charge is 0.295 e. The predicted molar refractivity (Wildman–Crippen MR) is 70.8 cm³/mol. The van der Waals surface area contributed by atoms with E-state index in [9.17, 15) is 8.78 Å². The highest BCUT2D eigenvalue weighted by Gasteiger charge is 2.48. The third kappa shape index (κ3) is 2.71. The van der Waals surface area contributed by atoms with Crippen LogP contribution in [0.1, 0.15) is 78.1 Å². The van der Waals surface area contributed by atoms with Gasteiger partial charge in [-0.05, 0) is 39.5 Å². The normalized spacial score (nSPS) is 27.7. The van der Waals surface area contributed by atoms with Crippen molar-refractivity contribution in [3.05, 3.63) is 0 Å². The van der Waals surface area contributed by atoms with Crippen LogP contribution in [0.25, 0.3) is 0 Å². The first-order valence-corrected chi connectivity index (χ1v) is 7.56. The molecule has 3 heteroatoms. The van der Waals surface area contributed by atoms with Crippen LogP contribution in [-0.2, 0) is 0 Å². The smallest absolute Gasteiger partial charge is 0.236 e. The van der Waals surface area contributed by atoms with Gasteiger partial charge in [0.25, 0.3) is 6.55 Å². The molecule has 2 saturated carbocycles. The lowest BCUT2D eigenvalue weighted by Gasteiger charge is -2.54. The Morgan fingerprint density at radius 3 is 1.33 bits per heavy atom. The second-order valence-corrected chi connectivity index (χ2v) is 6.76. The molecule has 0 unspecified atom stereocenters. The van der Waals surface area contributed by atoms with Gasteiger partial charge in [0.15, 0.2) is 0 Å². The molecule has 2 aliphatic rings. The topological polar surface area (TPSA) is 3.24 Å². The molecule has 106 valence electrons. The molecule has 0 atom stereocenters. The first-order valence-electron chi connectivity index (χ1n) is 7.56. The van der Waals surface area contributed by atoms with Crippen LogP contribution in [0.3, 0.4) is 0 Å². The van der Waals surface area contributed by atoms with Gasteiger partial charge in [-0.3, -0.25) is 0 Å². The Bertz CT molecular complexity index is 242. The fourth-order valence-electron chi connectivity index (χ4n) is 4.23. The van der Waals surface area contributed by atoms with Crippen LogP contribution in [0, 0.1) is 0 Å². The lowest BCUT2D eigenvalue weighted by molar-refractivity contribution is -0.166. The highest BCUT2D eigenvalue weighted by molar-refractivity contribution is 4.99. The van der Waals surface area contributed by atoms with Crippen LogP contribution in [0.15, 0.2) is 0 Å². The Morgan fingerprint density at radius 1 is 0.722 bits per heavy atom. The number of alkyl halides is 2. The molecule has 0 aromatic rings. The first-order chi connectivity index (χ1) is 8.48. The summed E-state index contributed by atoms with van der Waals surface area (Å²) in [6, 6.07) is 0. The monoisotopic (exact) mass is 259 g/mol. The Hall–Kier alpha value is -0.180. The van der Waals surface area contributed by atoms with E-state index in [1.165, 1.54) is 12.8 Å². The lowest BCUT2D eigenvalue weighted by atomic mass is 9.75. The van der Waals surface area contributed by atoms with Crippen molar-refractivity contribution in [2.45, 2.75) is 95.7 Å². The summed E-state index contributed by atoms with van der Waals surface area (Å²) >= 11 is 0. The maximum Gasteiger partial charge on any atom is 0.295 e. The van der Waals surface area contributed by atoms with Crippen LogP contribution in [-0.4, -0.2) is 22.5 Å². The second kappa shape index (κ2) is 5.44. The zero-order valence-corrected chi connectivity index (χ0v) is 11.9. The van der Waals surface area contributed by atoms with Gasteiger partial charge in [0.1, 0.15) is 0 Å². The highest BCUT2D eigenvalue weighted by Crippen LogP contribution is 2.44. The average Bonchev–Trinajstić information content (AvgIpc) is 2.29. The Kier molecular flexibility index (Phi) is 4.30. The summed E-state index contributed by atoms with van der Waals surface area (Å²) in [5, 5.41) is 0. The van der Waals surface area contributed by atoms with E-state index in [1.807, 2.05) is 0 Å². The van der Waals surface area contributed by atoms with Crippen LogP contribution in [0.5, 0.6) is 0 Å². The number of nitrogens with zero attached hydrogens (tertiary/aromatic N) is 1. The van der Waals surface area contributed by atoms with Gasteiger partial charge in [0.05, 0.1) is 0 Å². The summed E-state index contributed by atoms with van der Waals surface area (Å²) in [6.45, 7) is 1.83. The minimum Gasteiger partial charge on any atom is -0.236 e. The zero-order valence-electron chi connectivity index (χ0n) is 11.9. The van der Waals surface area contributed by atoms with Crippen molar-refractivity contribution in [2.24, 2.45) is 0 Å². The molecular formula is C15H27F2N. The van der Waals surface area contributed by atoms with E-state index in [0.717, 1.165) is 51.4 Å². The summed E-state index contributed by atoms with van der Waals surface area (Å²) in [4.78, 5) is 1.60. The van der Waals surface area contributed by atoms with E-state index in [0.29, 0.717) is 0 Å². The van der Waals surface area contributed by atoms with Crippen molar-refractivity contribution in [3.63, 3.8) is 0 Å². The van der Waals surface area contributed by atoms with E-state index in [2.05, 4.69) is 13.8 Å². The molecule has 0 radical (unpaired) electrons. The number of rotatable bonds is 3. The van der Waals surface area contributed by atoms with Crippen LogP contribution >= 0.6 is 0 Å². The van der Waals surface area contributed by atoms with Gasteiger partial charge in [0.2, 0.25) is 0 Å². The van der Waals surface area contributed by atoms with Gasteiger partial charge >= 0.3 is 0 Å². The van der Waals surface area contributed by atoms with Gasteiger partial charge in [-0.25, -0.2) is 4.90 Å². The van der Waals surface area contributed by atoms with Gasteiger partial charge < -0.3 is 0 Å². The Morgan fingerprint density at radius 2 is 1.06 bits per heavy atom. The molecule has 0 aromatic heterocycles. The minimum absolute atomic E-state index is 0.279. The van der Waals surface area contributed by atoms with Gasteiger partial charge in [0, 0.05) is 11.1 Å². The minimum atomic E-state index is -2.31. The predicted octanol–water partition coefficient (Wildman–Crippen LogP) is 4.96.